The highest BCUT2D eigenvalue weighted by Crippen LogP contribution is 2.15. The predicted octanol–water partition coefficient (Wildman–Crippen LogP) is 1.28. The Morgan fingerprint density at radius 3 is 2.92 bits per heavy atom. The molecule has 2 aromatic rings. The average Bonchev–Trinajstić information content (AvgIpc) is 2.63. The standard InChI is InChI=1S/C17H19N5O2/c18-6-8-20-17(23)16-5-4-14(12-22-16)21-11-13-2-1-3-15(10-13)24-9-7-19/h1-5,10,12,21H,6,8-9,11,18H2,(H,20,23). The van der Waals surface area contributed by atoms with Gasteiger partial charge in [0.05, 0.1) is 11.9 Å². The molecule has 0 aliphatic heterocycles. The fourth-order valence-electron chi connectivity index (χ4n) is 1.97. The van der Waals surface area contributed by atoms with Gasteiger partial charge in [0.2, 0.25) is 0 Å². The van der Waals surface area contributed by atoms with Crippen LogP contribution in [0.4, 0.5) is 5.69 Å². The molecular formula is C17H19N5O2. The molecule has 1 aromatic heterocycles. The molecule has 1 heterocycles. The van der Waals surface area contributed by atoms with Crippen LogP contribution >= 0.6 is 0 Å². The topological polar surface area (TPSA) is 113 Å². The van der Waals surface area contributed by atoms with Crippen molar-refractivity contribution in [3.05, 3.63) is 53.9 Å². The molecule has 4 N–H and O–H groups in total. The van der Waals surface area contributed by atoms with Crippen LogP contribution < -0.4 is 21.1 Å². The first-order valence-corrected chi connectivity index (χ1v) is 7.50. The fourth-order valence-corrected chi connectivity index (χ4v) is 1.97. The molecule has 0 radical (unpaired) electrons. The zero-order valence-electron chi connectivity index (χ0n) is 13.2. The van der Waals surface area contributed by atoms with Crippen LogP contribution in [0.1, 0.15) is 16.1 Å². The quantitative estimate of drug-likeness (QED) is 0.674. The monoisotopic (exact) mass is 325 g/mol. The van der Waals surface area contributed by atoms with Crippen LogP contribution in [-0.4, -0.2) is 30.6 Å². The summed E-state index contributed by atoms with van der Waals surface area (Å²) in [5.41, 5.74) is 7.50. The smallest absolute Gasteiger partial charge is 0.269 e. The van der Waals surface area contributed by atoms with Crippen molar-refractivity contribution >= 4 is 11.6 Å². The Hall–Kier alpha value is -3.11. The summed E-state index contributed by atoms with van der Waals surface area (Å²) in [6.07, 6.45) is 1.60. The van der Waals surface area contributed by atoms with Crippen molar-refractivity contribution in [2.24, 2.45) is 5.73 Å². The molecule has 0 aliphatic rings. The van der Waals surface area contributed by atoms with Gasteiger partial charge in [0.25, 0.3) is 5.91 Å². The number of carbonyl (C=O) groups excluding carboxylic acids is 1. The highest BCUT2D eigenvalue weighted by molar-refractivity contribution is 5.92. The lowest BCUT2D eigenvalue weighted by molar-refractivity contribution is 0.0950. The molecule has 7 nitrogen and oxygen atoms in total. The summed E-state index contributed by atoms with van der Waals surface area (Å²) in [5.74, 6) is 0.412. The molecular weight excluding hydrogens is 306 g/mol. The second kappa shape index (κ2) is 9.12. The molecule has 124 valence electrons. The lowest BCUT2D eigenvalue weighted by Gasteiger charge is -2.09. The van der Waals surface area contributed by atoms with E-state index in [9.17, 15) is 4.79 Å². The number of rotatable bonds is 8. The Kier molecular flexibility index (Phi) is 6.56. The van der Waals surface area contributed by atoms with Gasteiger partial charge in [0.1, 0.15) is 17.5 Å². The van der Waals surface area contributed by atoms with E-state index in [0.29, 0.717) is 31.1 Å². The number of nitrogens with zero attached hydrogens (tertiary/aromatic N) is 2. The highest BCUT2D eigenvalue weighted by Gasteiger charge is 2.05. The number of nitrogens with one attached hydrogen (secondary N) is 2. The SMILES string of the molecule is N#CCOc1cccc(CNc2ccc(C(=O)NCCN)nc2)c1. The Bertz CT molecular complexity index is 710. The zero-order chi connectivity index (χ0) is 17.2. The molecule has 1 aromatic carbocycles. The molecule has 7 heteroatoms. The molecule has 0 aliphatic carbocycles. The van der Waals surface area contributed by atoms with E-state index in [1.54, 1.807) is 24.4 Å². The average molecular weight is 325 g/mol. The lowest BCUT2D eigenvalue weighted by Crippen LogP contribution is -2.29. The van der Waals surface area contributed by atoms with E-state index in [1.165, 1.54) is 0 Å². The van der Waals surface area contributed by atoms with Crippen molar-refractivity contribution in [2.45, 2.75) is 6.54 Å². The Morgan fingerprint density at radius 1 is 1.33 bits per heavy atom. The number of ether oxygens (including phenoxy) is 1. The summed E-state index contributed by atoms with van der Waals surface area (Å²) >= 11 is 0. The third-order valence-electron chi connectivity index (χ3n) is 3.12. The van der Waals surface area contributed by atoms with Crippen molar-refractivity contribution in [1.29, 1.82) is 5.26 Å². The second-order valence-electron chi connectivity index (χ2n) is 4.92. The van der Waals surface area contributed by atoms with Crippen molar-refractivity contribution in [3.63, 3.8) is 0 Å². The number of carbonyl (C=O) groups is 1. The van der Waals surface area contributed by atoms with Gasteiger partial charge in [0, 0.05) is 19.6 Å². The van der Waals surface area contributed by atoms with E-state index >= 15 is 0 Å². The number of benzene rings is 1. The maximum absolute atomic E-state index is 11.7. The van der Waals surface area contributed by atoms with Crippen LogP contribution in [0, 0.1) is 11.3 Å². The van der Waals surface area contributed by atoms with Crippen LogP contribution in [0.3, 0.4) is 0 Å². The number of hydrogen-bond donors (Lipinski definition) is 3. The Morgan fingerprint density at radius 2 is 2.21 bits per heavy atom. The van der Waals surface area contributed by atoms with Crippen molar-refractivity contribution < 1.29 is 9.53 Å². The largest absolute Gasteiger partial charge is 0.479 e. The van der Waals surface area contributed by atoms with Crippen LogP contribution in [0.25, 0.3) is 0 Å². The summed E-state index contributed by atoms with van der Waals surface area (Å²) in [7, 11) is 0. The Balaban J connectivity index is 1.90. The van der Waals surface area contributed by atoms with Crippen LogP contribution in [-0.2, 0) is 6.54 Å². The third-order valence-corrected chi connectivity index (χ3v) is 3.12. The van der Waals surface area contributed by atoms with E-state index in [-0.39, 0.29) is 12.5 Å². The van der Waals surface area contributed by atoms with Gasteiger partial charge >= 0.3 is 0 Å². The van der Waals surface area contributed by atoms with Gasteiger partial charge in [-0.15, -0.1) is 0 Å². The number of pyridine rings is 1. The van der Waals surface area contributed by atoms with Crippen molar-refractivity contribution in [3.8, 4) is 11.8 Å². The molecule has 0 spiro atoms. The summed E-state index contributed by atoms with van der Waals surface area (Å²) in [4.78, 5) is 15.9. The number of aromatic nitrogens is 1. The maximum atomic E-state index is 11.7. The van der Waals surface area contributed by atoms with E-state index in [4.69, 9.17) is 15.7 Å². The number of nitrogens with two attached hydrogens (primary N) is 1. The van der Waals surface area contributed by atoms with E-state index in [2.05, 4.69) is 15.6 Å². The number of anilines is 1. The van der Waals surface area contributed by atoms with Gasteiger partial charge in [-0.1, -0.05) is 12.1 Å². The summed E-state index contributed by atoms with van der Waals surface area (Å²) in [5, 5.41) is 14.4. The van der Waals surface area contributed by atoms with Crippen LogP contribution in [0.5, 0.6) is 5.75 Å². The minimum Gasteiger partial charge on any atom is -0.479 e. The molecule has 0 saturated heterocycles. The predicted molar refractivity (Wildman–Crippen MR) is 90.5 cm³/mol. The van der Waals surface area contributed by atoms with E-state index in [0.717, 1.165) is 11.3 Å². The highest BCUT2D eigenvalue weighted by atomic mass is 16.5. The normalized spacial score (nSPS) is 9.83. The molecule has 0 unspecified atom stereocenters. The first-order chi connectivity index (χ1) is 11.7. The first kappa shape index (κ1) is 17.2. The minimum atomic E-state index is -0.241. The summed E-state index contributed by atoms with van der Waals surface area (Å²) in [6.45, 7) is 1.41. The molecule has 0 fully saturated rings. The third kappa shape index (κ3) is 5.26. The van der Waals surface area contributed by atoms with Gasteiger partial charge < -0.3 is 21.1 Å². The molecule has 24 heavy (non-hydrogen) atoms. The minimum absolute atomic E-state index is 0.0223. The van der Waals surface area contributed by atoms with Gasteiger partial charge in [-0.2, -0.15) is 5.26 Å². The molecule has 1 amide bonds. The fraction of sp³-hybridized carbons (Fsp3) is 0.235. The van der Waals surface area contributed by atoms with Crippen molar-refractivity contribution in [1.82, 2.24) is 10.3 Å². The maximum Gasteiger partial charge on any atom is 0.269 e. The molecule has 0 saturated carbocycles. The van der Waals surface area contributed by atoms with Gasteiger partial charge in [-0.05, 0) is 29.8 Å². The molecule has 0 atom stereocenters. The lowest BCUT2D eigenvalue weighted by atomic mass is 10.2. The van der Waals surface area contributed by atoms with Crippen molar-refractivity contribution in [2.75, 3.05) is 25.0 Å². The summed E-state index contributed by atoms with van der Waals surface area (Å²) < 4.78 is 5.27. The Labute approximate surface area is 140 Å². The van der Waals surface area contributed by atoms with Gasteiger partial charge in [0.15, 0.2) is 6.61 Å². The van der Waals surface area contributed by atoms with Crippen LogP contribution in [0.2, 0.25) is 0 Å². The van der Waals surface area contributed by atoms with Gasteiger partial charge in [-0.25, -0.2) is 4.98 Å². The van der Waals surface area contributed by atoms with E-state index < -0.39 is 0 Å². The summed E-state index contributed by atoms with van der Waals surface area (Å²) in [6, 6.07) is 12.9. The first-order valence-electron chi connectivity index (χ1n) is 7.50. The number of amides is 1. The molecule has 0 bridgehead atoms. The zero-order valence-corrected chi connectivity index (χ0v) is 13.2. The number of hydrogen-bond acceptors (Lipinski definition) is 6. The molecule has 2 rings (SSSR count). The number of nitriles is 1. The van der Waals surface area contributed by atoms with Gasteiger partial charge in [-0.3, -0.25) is 4.79 Å². The van der Waals surface area contributed by atoms with Crippen LogP contribution in [0.15, 0.2) is 42.6 Å². The second-order valence-corrected chi connectivity index (χ2v) is 4.92. The van der Waals surface area contributed by atoms with E-state index in [1.807, 2.05) is 24.3 Å².